The van der Waals surface area contributed by atoms with Crippen LogP contribution >= 0.6 is 0 Å². The van der Waals surface area contributed by atoms with Gasteiger partial charge in [-0.25, -0.2) is 0 Å². The van der Waals surface area contributed by atoms with Crippen LogP contribution in [0.15, 0.2) is 109 Å². The Morgan fingerprint density at radius 2 is 1.00 bits per heavy atom. The van der Waals surface area contributed by atoms with Crippen LogP contribution in [0, 0.1) is 0 Å². The maximum atomic E-state index is 9.48. The van der Waals surface area contributed by atoms with Crippen molar-refractivity contribution in [3.63, 3.8) is 0 Å². The van der Waals surface area contributed by atoms with Gasteiger partial charge in [0.2, 0.25) is 0 Å². The second-order valence-electron chi connectivity index (χ2n) is 6.50. The van der Waals surface area contributed by atoms with E-state index in [0.717, 1.165) is 23.4 Å². The van der Waals surface area contributed by atoms with E-state index >= 15 is 0 Å². The van der Waals surface area contributed by atoms with Crippen molar-refractivity contribution in [1.82, 2.24) is 0 Å². The first-order chi connectivity index (χ1) is 13.3. The molecule has 4 aromatic carbocycles. The first-order valence-electron chi connectivity index (χ1n) is 9.05. The van der Waals surface area contributed by atoms with Gasteiger partial charge in [-0.1, -0.05) is 72.8 Å². The van der Waals surface area contributed by atoms with Crippen molar-refractivity contribution < 1.29 is 5.11 Å². The second kappa shape index (κ2) is 7.79. The number of hydrogen-bond donors (Lipinski definition) is 1. The number of aromatic hydroxyl groups is 1. The van der Waals surface area contributed by atoms with E-state index in [4.69, 9.17) is 0 Å². The van der Waals surface area contributed by atoms with E-state index in [1.165, 1.54) is 11.3 Å². The molecular weight excluding hydrogens is 330 g/mol. The van der Waals surface area contributed by atoms with Crippen molar-refractivity contribution in [3.8, 4) is 16.9 Å². The molecule has 0 aliphatic rings. The third-order valence-corrected chi connectivity index (χ3v) is 4.63. The van der Waals surface area contributed by atoms with Gasteiger partial charge in [0, 0.05) is 17.9 Å². The predicted octanol–water partition coefficient (Wildman–Crippen LogP) is 6.40. The Bertz CT molecular complexity index is 978. The number of nitrogens with zero attached hydrogens (tertiary/aromatic N) is 1. The first kappa shape index (κ1) is 16.9. The lowest BCUT2D eigenvalue weighted by atomic mass is 10.0. The van der Waals surface area contributed by atoms with E-state index in [1.54, 1.807) is 12.1 Å². The lowest BCUT2D eigenvalue weighted by Crippen LogP contribution is -2.16. The minimum absolute atomic E-state index is 0.286. The molecule has 0 spiro atoms. The second-order valence-corrected chi connectivity index (χ2v) is 6.50. The third-order valence-electron chi connectivity index (χ3n) is 4.63. The van der Waals surface area contributed by atoms with Crippen LogP contribution in [0.25, 0.3) is 11.1 Å². The summed E-state index contributed by atoms with van der Waals surface area (Å²) in [6.45, 7) is 0.809. The van der Waals surface area contributed by atoms with E-state index in [-0.39, 0.29) is 5.75 Å². The highest BCUT2D eigenvalue weighted by Gasteiger charge is 2.10. The summed E-state index contributed by atoms with van der Waals surface area (Å²) in [6, 6.07) is 36.8. The quantitative estimate of drug-likeness (QED) is 0.450. The molecule has 132 valence electrons. The van der Waals surface area contributed by atoms with Crippen molar-refractivity contribution in [3.05, 3.63) is 115 Å². The summed E-state index contributed by atoms with van der Waals surface area (Å²) in [5.41, 5.74) is 5.80. The Kier molecular flexibility index (Phi) is 4.88. The van der Waals surface area contributed by atoms with Crippen molar-refractivity contribution in [2.24, 2.45) is 0 Å². The maximum Gasteiger partial charge on any atom is 0.115 e. The Labute approximate surface area is 160 Å². The number of phenols is 1. The smallest absolute Gasteiger partial charge is 0.115 e. The molecule has 0 saturated heterocycles. The standard InChI is InChI=1S/C25H21NO/c27-25-17-13-22(14-18-25)21-11-15-24(16-12-21)26(23-9-5-2-6-10-23)19-20-7-3-1-4-8-20/h1-18,27H,19H2. The molecule has 0 saturated carbocycles. The summed E-state index contributed by atoms with van der Waals surface area (Å²) in [7, 11) is 0. The van der Waals surface area contributed by atoms with Crippen LogP contribution in [-0.4, -0.2) is 5.11 Å². The summed E-state index contributed by atoms with van der Waals surface area (Å²) < 4.78 is 0. The van der Waals surface area contributed by atoms with Crippen LogP contribution in [0.5, 0.6) is 5.75 Å². The molecule has 4 aromatic rings. The van der Waals surface area contributed by atoms with Gasteiger partial charge in [-0.3, -0.25) is 0 Å². The largest absolute Gasteiger partial charge is 0.508 e. The number of anilines is 2. The molecule has 0 radical (unpaired) electrons. The minimum atomic E-state index is 0.286. The lowest BCUT2D eigenvalue weighted by Gasteiger charge is -2.25. The van der Waals surface area contributed by atoms with Crippen LogP contribution in [0.2, 0.25) is 0 Å². The molecule has 2 nitrogen and oxygen atoms in total. The fourth-order valence-electron chi connectivity index (χ4n) is 3.19. The van der Waals surface area contributed by atoms with Gasteiger partial charge in [-0.15, -0.1) is 0 Å². The predicted molar refractivity (Wildman–Crippen MR) is 112 cm³/mol. The molecule has 0 aliphatic heterocycles. The number of benzene rings is 4. The molecule has 0 aliphatic carbocycles. The zero-order chi connectivity index (χ0) is 18.5. The van der Waals surface area contributed by atoms with E-state index < -0.39 is 0 Å². The molecule has 0 unspecified atom stereocenters. The Balaban J connectivity index is 1.66. The maximum absolute atomic E-state index is 9.48. The highest BCUT2D eigenvalue weighted by atomic mass is 16.3. The highest BCUT2D eigenvalue weighted by molar-refractivity contribution is 5.70. The topological polar surface area (TPSA) is 23.5 Å². The minimum Gasteiger partial charge on any atom is -0.508 e. The van der Waals surface area contributed by atoms with E-state index in [0.29, 0.717) is 0 Å². The van der Waals surface area contributed by atoms with Crippen molar-refractivity contribution in [1.29, 1.82) is 0 Å². The fraction of sp³-hybridized carbons (Fsp3) is 0.0400. The molecule has 0 atom stereocenters. The van der Waals surface area contributed by atoms with E-state index in [9.17, 15) is 5.11 Å². The molecular formula is C25H21NO. The molecule has 0 aromatic heterocycles. The monoisotopic (exact) mass is 351 g/mol. The van der Waals surface area contributed by atoms with Crippen molar-refractivity contribution in [2.75, 3.05) is 4.90 Å². The lowest BCUT2D eigenvalue weighted by molar-refractivity contribution is 0.475. The average Bonchev–Trinajstić information content (AvgIpc) is 2.74. The first-order valence-corrected chi connectivity index (χ1v) is 9.05. The third kappa shape index (κ3) is 4.01. The van der Waals surface area contributed by atoms with Gasteiger partial charge < -0.3 is 10.0 Å². The molecule has 0 amide bonds. The number of rotatable bonds is 5. The molecule has 1 N–H and O–H groups in total. The van der Waals surface area contributed by atoms with Crippen LogP contribution < -0.4 is 4.90 Å². The highest BCUT2D eigenvalue weighted by Crippen LogP contribution is 2.30. The number of hydrogen-bond acceptors (Lipinski definition) is 2. The summed E-state index contributed by atoms with van der Waals surface area (Å²) in [4.78, 5) is 2.32. The Morgan fingerprint density at radius 3 is 1.59 bits per heavy atom. The van der Waals surface area contributed by atoms with Gasteiger partial charge in [0.05, 0.1) is 0 Å². The SMILES string of the molecule is Oc1ccc(-c2ccc(N(Cc3ccccc3)c3ccccc3)cc2)cc1. The summed E-state index contributed by atoms with van der Waals surface area (Å²) >= 11 is 0. The van der Waals surface area contributed by atoms with Gasteiger partial charge in [0.25, 0.3) is 0 Å². The zero-order valence-corrected chi connectivity index (χ0v) is 15.0. The molecule has 2 heteroatoms. The summed E-state index contributed by atoms with van der Waals surface area (Å²) in [5, 5.41) is 9.48. The van der Waals surface area contributed by atoms with E-state index in [1.807, 2.05) is 24.3 Å². The molecule has 4 rings (SSSR count). The Morgan fingerprint density at radius 1 is 0.519 bits per heavy atom. The van der Waals surface area contributed by atoms with Crippen LogP contribution in [0.1, 0.15) is 5.56 Å². The van der Waals surface area contributed by atoms with Gasteiger partial charge in [-0.05, 0) is 53.1 Å². The number of para-hydroxylation sites is 1. The molecule has 0 fully saturated rings. The van der Waals surface area contributed by atoms with Gasteiger partial charge in [0.1, 0.15) is 5.75 Å². The van der Waals surface area contributed by atoms with Gasteiger partial charge in [0.15, 0.2) is 0 Å². The van der Waals surface area contributed by atoms with E-state index in [2.05, 4.69) is 77.7 Å². The average molecular weight is 351 g/mol. The zero-order valence-electron chi connectivity index (χ0n) is 15.0. The molecule has 27 heavy (non-hydrogen) atoms. The Hall–Kier alpha value is -3.52. The summed E-state index contributed by atoms with van der Waals surface area (Å²) in [5.74, 6) is 0.286. The molecule has 0 heterocycles. The normalized spacial score (nSPS) is 10.5. The van der Waals surface area contributed by atoms with Crippen LogP contribution in [0.4, 0.5) is 11.4 Å². The van der Waals surface area contributed by atoms with Gasteiger partial charge in [-0.2, -0.15) is 0 Å². The van der Waals surface area contributed by atoms with Crippen molar-refractivity contribution in [2.45, 2.75) is 6.54 Å². The van der Waals surface area contributed by atoms with Gasteiger partial charge >= 0.3 is 0 Å². The van der Waals surface area contributed by atoms with Crippen molar-refractivity contribution >= 4 is 11.4 Å². The van der Waals surface area contributed by atoms with Crippen LogP contribution in [-0.2, 0) is 6.54 Å². The van der Waals surface area contributed by atoms with Crippen LogP contribution in [0.3, 0.4) is 0 Å². The fourth-order valence-corrected chi connectivity index (χ4v) is 3.19. The number of phenolic OH excluding ortho intramolecular Hbond substituents is 1. The molecule has 0 bridgehead atoms. The summed E-state index contributed by atoms with van der Waals surface area (Å²) in [6.07, 6.45) is 0.